The van der Waals surface area contributed by atoms with Crippen molar-refractivity contribution in [3.63, 3.8) is 0 Å². The van der Waals surface area contributed by atoms with Gasteiger partial charge in [-0.25, -0.2) is 0 Å². The summed E-state index contributed by atoms with van der Waals surface area (Å²) in [5.41, 5.74) is 7.18. The van der Waals surface area contributed by atoms with Crippen LogP contribution in [-0.4, -0.2) is 7.25 Å². The van der Waals surface area contributed by atoms with Crippen molar-refractivity contribution in [2.24, 2.45) is 5.73 Å². The number of benzene rings is 2. The van der Waals surface area contributed by atoms with Gasteiger partial charge in [0, 0.05) is 9.92 Å². The van der Waals surface area contributed by atoms with Gasteiger partial charge in [-0.2, -0.15) is 0 Å². The van der Waals surface area contributed by atoms with E-state index >= 15 is 0 Å². The summed E-state index contributed by atoms with van der Waals surface area (Å²) in [6.07, 6.45) is 0. The van der Waals surface area contributed by atoms with Gasteiger partial charge in [0.15, 0.2) is 0 Å². The molecule has 0 aromatic heterocycles. The lowest BCUT2D eigenvalue weighted by Gasteiger charge is -2.11. The molecule has 0 heterocycles. The molecule has 2 N–H and O–H groups in total. The Morgan fingerprint density at radius 1 is 0.905 bits per heavy atom. The van der Waals surface area contributed by atoms with Gasteiger partial charge in [0.1, 0.15) is 0 Å². The molecule has 0 fully saturated rings. The standard InChI is InChI=1S/C13H12ClNS.BF4/c14-11-8-6-10(7-9-11)13(15)16-12-4-2-1-3-5-12;2-1(3,4)5/h1-9,13H,15H2;/q;-1. The molecule has 8 heteroatoms. The molecule has 0 spiro atoms. The highest BCUT2D eigenvalue weighted by Gasteiger charge is 2.20. The van der Waals surface area contributed by atoms with Gasteiger partial charge in [-0.3, -0.25) is 0 Å². The minimum atomic E-state index is -6.00. The first-order chi connectivity index (χ1) is 9.75. The topological polar surface area (TPSA) is 26.0 Å². The van der Waals surface area contributed by atoms with Crippen molar-refractivity contribution in [1.29, 1.82) is 0 Å². The first-order valence-corrected chi connectivity index (χ1v) is 7.11. The highest BCUT2D eigenvalue weighted by Crippen LogP contribution is 2.31. The molecular formula is C13H12BClF4NS-. The zero-order valence-corrected chi connectivity index (χ0v) is 12.3. The van der Waals surface area contributed by atoms with Crippen LogP contribution in [0.3, 0.4) is 0 Å². The Kier molecular flexibility index (Phi) is 7.08. The van der Waals surface area contributed by atoms with Crippen molar-refractivity contribution in [1.82, 2.24) is 0 Å². The normalized spacial score (nSPS) is 12.3. The van der Waals surface area contributed by atoms with Crippen LogP contribution >= 0.6 is 23.4 Å². The van der Waals surface area contributed by atoms with Crippen LogP contribution < -0.4 is 5.73 Å². The van der Waals surface area contributed by atoms with Gasteiger partial charge in [0.25, 0.3) is 0 Å². The third-order valence-electron chi connectivity index (χ3n) is 2.20. The van der Waals surface area contributed by atoms with Crippen LogP contribution in [-0.2, 0) is 0 Å². The molecule has 2 rings (SSSR count). The Hall–Kier alpha value is -1.18. The highest BCUT2D eigenvalue weighted by atomic mass is 35.5. The largest absolute Gasteiger partial charge is 0.673 e. The van der Waals surface area contributed by atoms with E-state index in [1.165, 1.54) is 4.90 Å². The maximum absolute atomic E-state index is 9.75. The van der Waals surface area contributed by atoms with Gasteiger partial charge in [0.2, 0.25) is 0 Å². The van der Waals surface area contributed by atoms with Crippen molar-refractivity contribution in [3.8, 4) is 0 Å². The summed E-state index contributed by atoms with van der Waals surface area (Å²) in [6, 6.07) is 17.8. The molecule has 0 amide bonds. The van der Waals surface area contributed by atoms with Gasteiger partial charge < -0.3 is 23.0 Å². The Morgan fingerprint density at radius 3 is 1.86 bits per heavy atom. The monoisotopic (exact) mass is 336 g/mol. The van der Waals surface area contributed by atoms with Crippen molar-refractivity contribution >= 4 is 30.6 Å². The molecule has 0 saturated carbocycles. The molecule has 0 radical (unpaired) electrons. The summed E-state index contributed by atoms with van der Waals surface area (Å²) in [7, 11) is -6.00. The van der Waals surface area contributed by atoms with Crippen molar-refractivity contribution in [2.45, 2.75) is 10.3 Å². The fourth-order valence-corrected chi connectivity index (χ4v) is 2.39. The molecule has 2 aromatic carbocycles. The van der Waals surface area contributed by atoms with E-state index in [0.29, 0.717) is 0 Å². The minimum Gasteiger partial charge on any atom is -0.418 e. The van der Waals surface area contributed by atoms with Crippen LogP contribution in [0.25, 0.3) is 0 Å². The molecule has 1 unspecified atom stereocenters. The van der Waals surface area contributed by atoms with Gasteiger partial charge in [-0.1, -0.05) is 41.9 Å². The first kappa shape index (κ1) is 17.9. The second kappa shape index (κ2) is 8.31. The van der Waals surface area contributed by atoms with Gasteiger partial charge in [-0.15, -0.1) is 11.8 Å². The summed E-state index contributed by atoms with van der Waals surface area (Å²) >= 11 is 7.47. The molecule has 21 heavy (non-hydrogen) atoms. The van der Waals surface area contributed by atoms with Crippen molar-refractivity contribution < 1.29 is 17.3 Å². The third-order valence-corrected chi connectivity index (χ3v) is 3.53. The number of nitrogens with two attached hydrogens (primary N) is 1. The molecule has 0 saturated heterocycles. The van der Waals surface area contributed by atoms with Crippen LogP contribution in [0.15, 0.2) is 59.5 Å². The molecule has 1 atom stereocenters. The minimum absolute atomic E-state index is 0.0559. The molecule has 2 aromatic rings. The molecule has 0 aliphatic carbocycles. The smallest absolute Gasteiger partial charge is 0.418 e. The van der Waals surface area contributed by atoms with E-state index in [2.05, 4.69) is 12.1 Å². The summed E-state index contributed by atoms with van der Waals surface area (Å²) in [5.74, 6) is 0. The van der Waals surface area contributed by atoms with Gasteiger partial charge in [-0.05, 0) is 29.8 Å². The molecule has 114 valence electrons. The van der Waals surface area contributed by atoms with E-state index in [1.807, 2.05) is 42.5 Å². The van der Waals surface area contributed by atoms with Crippen LogP contribution in [0.2, 0.25) is 5.02 Å². The second-order valence-corrected chi connectivity index (χ2v) is 5.55. The first-order valence-electron chi connectivity index (χ1n) is 5.86. The van der Waals surface area contributed by atoms with E-state index in [0.717, 1.165) is 10.6 Å². The number of rotatable bonds is 3. The van der Waals surface area contributed by atoms with E-state index in [1.54, 1.807) is 11.8 Å². The molecular weight excluding hydrogens is 324 g/mol. The molecule has 0 bridgehead atoms. The van der Waals surface area contributed by atoms with E-state index in [9.17, 15) is 17.3 Å². The van der Waals surface area contributed by atoms with Crippen molar-refractivity contribution in [2.75, 3.05) is 0 Å². The van der Waals surface area contributed by atoms with Crippen LogP contribution in [0.1, 0.15) is 10.9 Å². The van der Waals surface area contributed by atoms with E-state index in [-0.39, 0.29) is 5.37 Å². The fraction of sp³-hybridized carbons (Fsp3) is 0.0769. The second-order valence-electron chi connectivity index (χ2n) is 3.90. The van der Waals surface area contributed by atoms with E-state index in [4.69, 9.17) is 17.3 Å². The van der Waals surface area contributed by atoms with Crippen LogP contribution in [0.4, 0.5) is 17.3 Å². The van der Waals surface area contributed by atoms with Gasteiger partial charge in [0.05, 0.1) is 5.37 Å². The maximum Gasteiger partial charge on any atom is 0.673 e. The Balaban J connectivity index is 0.000000383. The Labute approximate surface area is 129 Å². The lowest BCUT2D eigenvalue weighted by Crippen LogP contribution is -2.05. The number of hydrogen-bond acceptors (Lipinski definition) is 2. The zero-order valence-electron chi connectivity index (χ0n) is 10.7. The predicted octanol–water partition coefficient (Wildman–Crippen LogP) is 5.39. The number of thioether (sulfide) groups is 1. The zero-order chi connectivity index (χ0) is 15.9. The molecule has 0 aliphatic rings. The summed E-state index contributed by atoms with van der Waals surface area (Å²) in [6.45, 7) is 0. The lowest BCUT2D eigenvalue weighted by molar-refractivity contribution is 0.368. The summed E-state index contributed by atoms with van der Waals surface area (Å²) in [4.78, 5) is 1.17. The fourth-order valence-electron chi connectivity index (χ4n) is 1.37. The van der Waals surface area contributed by atoms with Gasteiger partial charge >= 0.3 is 7.25 Å². The SMILES string of the molecule is F[B-](F)(F)F.NC(Sc1ccccc1)c1ccc(Cl)cc1. The third kappa shape index (κ3) is 8.65. The lowest BCUT2D eigenvalue weighted by atomic mass is 10.2. The molecule has 1 nitrogen and oxygen atoms in total. The average molecular weight is 337 g/mol. The highest BCUT2D eigenvalue weighted by molar-refractivity contribution is 7.99. The summed E-state index contributed by atoms with van der Waals surface area (Å²) < 4.78 is 39.0. The van der Waals surface area contributed by atoms with Crippen LogP contribution in [0.5, 0.6) is 0 Å². The maximum atomic E-state index is 9.75. The summed E-state index contributed by atoms with van der Waals surface area (Å²) in [5, 5.41) is 0.681. The van der Waals surface area contributed by atoms with E-state index < -0.39 is 7.25 Å². The number of hydrogen-bond donors (Lipinski definition) is 1. The molecule has 0 aliphatic heterocycles. The van der Waals surface area contributed by atoms with Crippen molar-refractivity contribution in [3.05, 3.63) is 65.2 Å². The Morgan fingerprint density at radius 2 is 1.38 bits per heavy atom. The Bertz CT molecular complexity index is 530. The number of halogens is 5. The quantitative estimate of drug-likeness (QED) is 0.352. The van der Waals surface area contributed by atoms with Crippen LogP contribution in [0, 0.1) is 0 Å². The average Bonchev–Trinajstić information content (AvgIpc) is 2.38. The predicted molar refractivity (Wildman–Crippen MR) is 80.9 cm³/mol.